The topological polar surface area (TPSA) is 434 Å². The van der Waals surface area contributed by atoms with Gasteiger partial charge in [0.2, 0.25) is 65.0 Å². The lowest BCUT2D eigenvalue weighted by Gasteiger charge is -2.41. The summed E-state index contributed by atoms with van der Waals surface area (Å²) < 4.78 is 17.8. The molecule has 0 aromatic heterocycles. The number of nitrogens with zero attached hydrogens (tertiary/aromatic N) is 5. The smallest absolute Gasteiger partial charge is 0.410 e. The van der Waals surface area contributed by atoms with Crippen LogP contribution in [0, 0.1) is 29.6 Å². The van der Waals surface area contributed by atoms with E-state index in [1.807, 2.05) is 32.0 Å². The molecule has 1 unspecified atom stereocenters. The van der Waals surface area contributed by atoms with Crippen LogP contribution in [0.3, 0.4) is 0 Å². The Morgan fingerprint density at radius 3 is 1.96 bits per heavy atom. The molecule has 2 fully saturated rings. The lowest BCUT2D eigenvalue weighted by Crippen LogP contribution is -2.60. The number of carboxylic acid groups (broad SMARTS) is 1. The number of benzene rings is 2. The van der Waals surface area contributed by atoms with Crippen LogP contribution < -0.4 is 43.0 Å². The third-order valence-electron chi connectivity index (χ3n) is 20.8. The minimum absolute atomic E-state index is 0.0200. The lowest BCUT2D eigenvalue weighted by atomic mass is 9.89. The molecule has 0 bridgehead atoms. The first-order valence-electron chi connectivity index (χ1n) is 39.6. The van der Waals surface area contributed by atoms with Gasteiger partial charge in [0, 0.05) is 85.2 Å². The number of aliphatic hydroxyl groups excluding tert-OH is 1. The minimum Gasteiger partial charge on any atom is -0.480 e. The second-order valence-electron chi connectivity index (χ2n) is 30.5. The van der Waals surface area contributed by atoms with Crippen LogP contribution in [0.25, 0.3) is 0 Å². The number of nitrogens with two attached hydrogens (primary N) is 1. The summed E-state index contributed by atoms with van der Waals surface area (Å²) in [6.07, 6.45) is 2.52. The second-order valence-corrected chi connectivity index (χ2v) is 31.8. The number of primary amides is 1. The highest BCUT2D eigenvalue weighted by Crippen LogP contribution is 2.32. The van der Waals surface area contributed by atoms with Crippen LogP contribution in [0.1, 0.15) is 190 Å². The molecule has 4 rings (SSSR count). The summed E-state index contributed by atoms with van der Waals surface area (Å²) in [5, 5.41) is 39.3. The largest absolute Gasteiger partial charge is 0.480 e. The number of thioether (sulfide) groups is 1. The molecular weight excluding hydrogens is 1480 g/mol. The first-order chi connectivity index (χ1) is 53.5. The van der Waals surface area contributed by atoms with Gasteiger partial charge in [-0.2, -0.15) is 0 Å². The number of likely N-dealkylation sites (tertiary alicyclic amines) is 2. The van der Waals surface area contributed by atoms with Crippen LogP contribution in [0.15, 0.2) is 54.6 Å². The fourth-order valence-corrected chi connectivity index (χ4v) is 15.2. The van der Waals surface area contributed by atoms with Gasteiger partial charge in [0.1, 0.15) is 43.9 Å². The van der Waals surface area contributed by atoms with Crippen molar-refractivity contribution in [2.24, 2.45) is 35.3 Å². The summed E-state index contributed by atoms with van der Waals surface area (Å²) in [5.41, 5.74) is 6.66. The van der Waals surface area contributed by atoms with E-state index in [9.17, 15) is 77.3 Å². The van der Waals surface area contributed by atoms with Crippen LogP contribution in [-0.2, 0) is 78.4 Å². The Balaban J connectivity index is 1.35. The fourth-order valence-electron chi connectivity index (χ4n) is 14.1. The molecule has 0 radical (unpaired) electrons. The van der Waals surface area contributed by atoms with Crippen molar-refractivity contribution in [1.82, 2.24) is 56.4 Å². The molecule has 632 valence electrons. The highest BCUT2D eigenvalue weighted by atomic mass is 32.2. The number of methoxy groups -OCH3 is 2. The van der Waals surface area contributed by atoms with E-state index in [2.05, 4.69) is 44.1 Å². The number of hydrogen-bond acceptors (Lipinski definition) is 19. The summed E-state index contributed by atoms with van der Waals surface area (Å²) >= 11 is 1.26. The second kappa shape index (κ2) is 49.0. The van der Waals surface area contributed by atoms with E-state index < -0.39 is 156 Å². The zero-order chi connectivity index (χ0) is 84.3. The van der Waals surface area contributed by atoms with Crippen LogP contribution in [0.4, 0.5) is 15.3 Å². The highest BCUT2D eigenvalue weighted by Gasteiger charge is 2.45. The van der Waals surface area contributed by atoms with Gasteiger partial charge in [0.05, 0.1) is 54.0 Å². The average molecular weight is 1610 g/mol. The molecule has 0 saturated carbocycles. The summed E-state index contributed by atoms with van der Waals surface area (Å²) in [5.74, 6) is -8.93. The zero-order valence-corrected chi connectivity index (χ0v) is 69.6. The van der Waals surface area contributed by atoms with Crippen molar-refractivity contribution in [3.8, 4) is 0 Å². The quantitative estimate of drug-likeness (QED) is 0.0284. The molecule has 13 atom stereocenters. The van der Waals surface area contributed by atoms with Crippen LogP contribution in [0.5, 0.6) is 0 Å². The predicted molar refractivity (Wildman–Crippen MR) is 426 cm³/mol. The highest BCUT2D eigenvalue weighted by molar-refractivity contribution is 8.00. The molecule has 2 aromatic carbocycles. The molecule has 32 nitrogen and oxygen atoms in total. The molecule has 11 N–H and O–H groups in total. The molecule has 0 aliphatic carbocycles. The molecule has 2 heterocycles. The summed E-state index contributed by atoms with van der Waals surface area (Å²) in [7, 11) is 6.02. The molecule has 113 heavy (non-hydrogen) atoms. The fraction of sp³-hybridized carbons (Fsp3) is 0.675. The Labute approximate surface area is 670 Å². The van der Waals surface area contributed by atoms with Gasteiger partial charge in [-0.1, -0.05) is 137 Å². The van der Waals surface area contributed by atoms with Crippen molar-refractivity contribution in [1.29, 1.82) is 0 Å². The van der Waals surface area contributed by atoms with Gasteiger partial charge in [-0.15, -0.1) is 11.8 Å². The number of imide groups is 1. The van der Waals surface area contributed by atoms with E-state index in [4.69, 9.17) is 19.9 Å². The standard InChI is InChI=1S/C80H127N13O19S/c1-16-18-24-38-82-61(94)37-42-113-60-44-65(98)93(77(60)106)40-25-20-23-32-63(96)91(46-66(99)100)45-62(95)87-67(48(3)4)75(104)86-57(30-26-39-83-79(81)108)74(103)85-56-35-33-54(34-36-56)47-112-80(109)90(13)69(50(7)8)76(105)88-68(49(5)6)78(107)89(12)70(51(9)17-2)59(110-14)43-64(97)92-41-27-31-58(92)72(111-15)52(10)73(102)84-53(11)71(101)55-28-21-19-22-29-55/h19,21-22,28-29,33-36,48-53,57-60,67-72,101H,16-18,20,23-27,30-32,37-47H2,1-15H3,(H,82,94)(H,84,102)(H,85,103)(H,86,104)(H,87,95)(H,88,105)(H,99,100)(H3,81,83,108)/t51-,52+,53+,57-,58-,59+,60?,67-,68-,69-,70-,71+,72+/m0/s1. The van der Waals surface area contributed by atoms with Gasteiger partial charge in [0.25, 0.3) is 0 Å². The first-order valence-corrected chi connectivity index (χ1v) is 40.7. The number of carbonyl (C=O) groups excluding carboxylic acids is 13. The van der Waals surface area contributed by atoms with Crippen molar-refractivity contribution in [3.63, 3.8) is 0 Å². The number of urea groups is 1. The number of nitrogens with one attached hydrogen (secondary N) is 7. The lowest BCUT2D eigenvalue weighted by molar-refractivity contribution is -0.148. The summed E-state index contributed by atoms with van der Waals surface area (Å²) in [6, 6.07) is 7.87. The van der Waals surface area contributed by atoms with Crippen LogP contribution >= 0.6 is 11.8 Å². The summed E-state index contributed by atoms with van der Waals surface area (Å²) in [4.78, 5) is 195. The number of hydrogen-bond donors (Lipinski definition) is 10. The monoisotopic (exact) mass is 1610 g/mol. The molecule has 2 aliphatic rings. The maximum atomic E-state index is 14.9. The maximum Gasteiger partial charge on any atom is 0.410 e. The van der Waals surface area contributed by atoms with E-state index >= 15 is 0 Å². The molecule has 0 spiro atoms. The third-order valence-corrected chi connectivity index (χ3v) is 22.0. The SMILES string of the molecule is CCCCCNC(=O)CCSC1CC(=O)N(CCCCCC(=O)N(CC(=O)O)CC(=O)N[C@H](C(=O)N[C@@H](CCCNC(N)=O)C(=O)Nc2ccc(COC(=O)N(C)[C@H](C(=O)N[C@H](C(=O)N(C)[C@@H]([C@@H](C)CC)[C@@H](CC(=O)N3CCC[C@H]3[C@H](OC)[C@@H](C)C(=O)N[C@H](C)[C@@H](O)c3ccccc3)OC)C(C)C)C(C)C)cc2)C(C)C)C1=O. The molecule has 2 saturated heterocycles. The van der Waals surface area contributed by atoms with Crippen molar-refractivity contribution < 1.29 is 91.5 Å². The number of aliphatic carboxylic acids is 1. The molecule has 33 heteroatoms. The van der Waals surface area contributed by atoms with Crippen molar-refractivity contribution >= 4 is 101 Å². The van der Waals surface area contributed by atoms with Gasteiger partial charge in [-0.3, -0.25) is 67.3 Å². The number of aliphatic hydroxyl groups is 1. The van der Waals surface area contributed by atoms with Gasteiger partial charge >= 0.3 is 18.1 Å². The zero-order valence-electron chi connectivity index (χ0n) is 68.8. The third kappa shape index (κ3) is 30.7. The van der Waals surface area contributed by atoms with Gasteiger partial charge in [-0.25, -0.2) is 9.59 Å². The number of ether oxygens (including phenoxy) is 3. The van der Waals surface area contributed by atoms with Crippen LogP contribution in [0.2, 0.25) is 0 Å². The Hall–Kier alpha value is -8.95. The Bertz CT molecular complexity index is 3460. The minimum atomic E-state index is -1.40. The number of carbonyl (C=O) groups is 14. The van der Waals surface area contributed by atoms with Crippen molar-refractivity contribution in [3.05, 3.63) is 65.7 Å². The maximum absolute atomic E-state index is 14.9. The van der Waals surface area contributed by atoms with E-state index in [1.54, 1.807) is 91.6 Å². The normalized spacial score (nSPS) is 17.1. The van der Waals surface area contributed by atoms with E-state index in [-0.39, 0.29) is 106 Å². The van der Waals surface area contributed by atoms with Crippen LogP contribution in [-0.4, -0.2) is 251 Å². The van der Waals surface area contributed by atoms with E-state index in [1.165, 1.54) is 55.0 Å². The molecular formula is C80H127N13O19S. The number of rotatable bonds is 50. The number of anilines is 1. The molecule has 2 aromatic rings. The van der Waals surface area contributed by atoms with Gasteiger partial charge in [-0.05, 0) is 98.8 Å². The van der Waals surface area contributed by atoms with Gasteiger partial charge in [0.15, 0.2) is 0 Å². The Morgan fingerprint density at radius 2 is 1.35 bits per heavy atom. The molecule has 14 amide bonds. The average Bonchev–Trinajstić information content (AvgIpc) is 1.80. The molecule has 2 aliphatic heterocycles. The van der Waals surface area contributed by atoms with Gasteiger partial charge < -0.3 is 82.1 Å². The number of likely N-dealkylation sites (N-methyl/N-ethyl adjacent to an activating group) is 2. The Morgan fingerprint density at radius 1 is 0.690 bits per heavy atom. The van der Waals surface area contributed by atoms with E-state index in [0.717, 1.165) is 29.1 Å². The Kier molecular flexibility index (Phi) is 41.8. The number of carboxylic acids is 1. The predicted octanol–water partition coefficient (Wildman–Crippen LogP) is 5.62. The number of unbranched alkanes of at least 4 members (excludes halogenated alkanes) is 4. The number of amides is 14. The summed E-state index contributed by atoms with van der Waals surface area (Å²) in [6.45, 7) is 19.0. The van der Waals surface area contributed by atoms with Crippen molar-refractivity contribution in [2.45, 2.75) is 245 Å². The van der Waals surface area contributed by atoms with Crippen molar-refractivity contribution in [2.75, 3.05) is 78.7 Å². The van der Waals surface area contributed by atoms with E-state index in [0.29, 0.717) is 62.1 Å². The first kappa shape index (κ1) is 96.4.